The van der Waals surface area contributed by atoms with Crippen LogP contribution in [0.3, 0.4) is 0 Å². The average molecular weight is 445 g/mol. The largest absolute Gasteiger partial charge is 0.497 e. The Morgan fingerprint density at radius 3 is 2.58 bits per heavy atom. The predicted octanol–water partition coefficient (Wildman–Crippen LogP) is 3.90. The first-order valence-electron chi connectivity index (χ1n) is 11.3. The van der Waals surface area contributed by atoms with Gasteiger partial charge in [-0.3, -0.25) is 0 Å². The van der Waals surface area contributed by atoms with Crippen LogP contribution in [0, 0.1) is 6.92 Å². The van der Waals surface area contributed by atoms with Gasteiger partial charge in [-0.05, 0) is 56.0 Å². The maximum Gasteiger partial charge on any atom is 0.238 e. The highest BCUT2D eigenvalue weighted by Gasteiger charge is 2.25. The van der Waals surface area contributed by atoms with Crippen molar-refractivity contribution in [1.82, 2.24) is 29.3 Å². The molecule has 0 bridgehead atoms. The number of aromatic nitrogens is 6. The van der Waals surface area contributed by atoms with Crippen LogP contribution in [0.15, 0.2) is 48.9 Å². The Morgan fingerprint density at radius 1 is 1.00 bits per heavy atom. The van der Waals surface area contributed by atoms with Gasteiger partial charge in [-0.15, -0.1) is 0 Å². The summed E-state index contributed by atoms with van der Waals surface area (Å²) < 4.78 is 14.8. The molecule has 0 saturated carbocycles. The highest BCUT2D eigenvalue weighted by atomic mass is 16.5. The number of imidazole rings is 1. The normalized spacial score (nSPS) is 15.3. The summed E-state index contributed by atoms with van der Waals surface area (Å²) in [6.45, 7) is 2.88. The van der Waals surface area contributed by atoms with Crippen molar-refractivity contribution in [3.05, 3.63) is 77.5 Å². The first-order valence-corrected chi connectivity index (χ1v) is 11.3. The van der Waals surface area contributed by atoms with E-state index in [4.69, 9.17) is 24.5 Å². The van der Waals surface area contributed by atoms with E-state index in [0.29, 0.717) is 5.88 Å². The van der Waals surface area contributed by atoms with Crippen LogP contribution < -0.4 is 9.47 Å². The summed E-state index contributed by atoms with van der Waals surface area (Å²) >= 11 is 0. The summed E-state index contributed by atoms with van der Waals surface area (Å²) in [6, 6.07) is 12.3. The van der Waals surface area contributed by atoms with E-state index in [9.17, 15) is 0 Å². The van der Waals surface area contributed by atoms with Crippen molar-refractivity contribution in [2.45, 2.75) is 45.1 Å². The van der Waals surface area contributed by atoms with Crippen molar-refractivity contribution in [3.63, 3.8) is 0 Å². The lowest BCUT2D eigenvalue weighted by Gasteiger charge is -2.22. The Kier molecular flexibility index (Phi) is 5.81. The van der Waals surface area contributed by atoms with Gasteiger partial charge in [0.2, 0.25) is 5.88 Å². The summed E-state index contributed by atoms with van der Waals surface area (Å²) in [5, 5.41) is 4.80. The molecule has 0 saturated heterocycles. The van der Waals surface area contributed by atoms with E-state index in [1.165, 1.54) is 5.56 Å². The molecule has 0 spiro atoms. The van der Waals surface area contributed by atoms with Gasteiger partial charge in [0.25, 0.3) is 0 Å². The van der Waals surface area contributed by atoms with Crippen LogP contribution in [0.2, 0.25) is 0 Å². The SMILES string of the molecule is COc1ccc([C@H]2CCCn3nc(CCc4ccc(-n5cnc(C)c5)c(OC)n4)nc32)cc1. The smallest absolute Gasteiger partial charge is 0.238 e. The van der Waals surface area contributed by atoms with Crippen molar-refractivity contribution in [1.29, 1.82) is 0 Å². The second-order valence-electron chi connectivity index (χ2n) is 8.33. The van der Waals surface area contributed by atoms with Gasteiger partial charge < -0.3 is 14.0 Å². The second-order valence-corrected chi connectivity index (χ2v) is 8.33. The minimum Gasteiger partial charge on any atom is -0.497 e. The Bertz CT molecular complexity index is 1240. The third kappa shape index (κ3) is 4.33. The zero-order valence-corrected chi connectivity index (χ0v) is 19.2. The number of hydrogen-bond acceptors (Lipinski definition) is 6. The van der Waals surface area contributed by atoms with Crippen molar-refractivity contribution < 1.29 is 9.47 Å². The molecule has 1 aromatic carbocycles. The quantitative estimate of drug-likeness (QED) is 0.430. The summed E-state index contributed by atoms with van der Waals surface area (Å²) in [5.74, 6) is 3.63. The third-order valence-electron chi connectivity index (χ3n) is 6.12. The molecule has 5 rings (SSSR count). The minimum absolute atomic E-state index is 0.266. The standard InChI is InChI=1S/C25H28N6O2/c1-17-15-30(16-26-17)22-12-8-19(27-25(22)33-3)9-13-23-28-24-21(5-4-14-31(24)29-23)18-6-10-20(32-2)11-7-18/h6-8,10-12,15-16,21H,4-5,9,13-14H2,1-3H3/t21-/m1/s1. The summed E-state index contributed by atoms with van der Waals surface area (Å²) in [6.07, 6.45) is 7.38. The van der Waals surface area contributed by atoms with E-state index in [0.717, 1.165) is 66.7 Å². The number of pyridine rings is 1. The molecular weight excluding hydrogens is 416 g/mol. The molecule has 4 heterocycles. The summed E-state index contributed by atoms with van der Waals surface area (Å²) in [7, 11) is 3.33. The van der Waals surface area contributed by atoms with Crippen LogP contribution in [0.1, 0.15) is 47.4 Å². The fourth-order valence-electron chi connectivity index (χ4n) is 4.41. The zero-order chi connectivity index (χ0) is 22.8. The number of methoxy groups -OCH3 is 2. The molecule has 0 aliphatic carbocycles. The Balaban J connectivity index is 1.32. The summed E-state index contributed by atoms with van der Waals surface area (Å²) in [4.78, 5) is 13.9. The average Bonchev–Trinajstić information content (AvgIpc) is 3.48. The number of rotatable bonds is 7. The molecule has 1 aliphatic rings. The highest BCUT2D eigenvalue weighted by Crippen LogP contribution is 2.33. The third-order valence-corrected chi connectivity index (χ3v) is 6.12. The van der Waals surface area contributed by atoms with E-state index in [2.05, 4.69) is 21.8 Å². The van der Waals surface area contributed by atoms with E-state index in [-0.39, 0.29) is 5.92 Å². The molecule has 1 aliphatic heterocycles. The number of aryl methyl sites for hydroxylation is 4. The van der Waals surface area contributed by atoms with E-state index in [1.807, 2.05) is 42.0 Å². The van der Waals surface area contributed by atoms with Gasteiger partial charge in [0.15, 0.2) is 5.82 Å². The van der Waals surface area contributed by atoms with E-state index < -0.39 is 0 Å². The number of fused-ring (bicyclic) bond motifs is 1. The Morgan fingerprint density at radius 2 is 1.85 bits per heavy atom. The van der Waals surface area contributed by atoms with Crippen LogP contribution in [0.25, 0.3) is 5.69 Å². The minimum atomic E-state index is 0.266. The fraction of sp³-hybridized carbons (Fsp3) is 0.360. The van der Waals surface area contributed by atoms with Crippen LogP contribution in [-0.2, 0) is 19.4 Å². The molecule has 1 atom stereocenters. The molecule has 0 unspecified atom stereocenters. The van der Waals surface area contributed by atoms with Crippen LogP contribution in [-0.4, -0.2) is 43.5 Å². The van der Waals surface area contributed by atoms with Crippen molar-refractivity contribution in [3.8, 4) is 17.3 Å². The molecule has 8 nitrogen and oxygen atoms in total. The molecule has 0 radical (unpaired) electrons. The predicted molar refractivity (Wildman–Crippen MR) is 124 cm³/mol. The van der Waals surface area contributed by atoms with E-state index >= 15 is 0 Å². The molecule has 3 aromatic heterocycles. The van der Waals surface area contributed by atoms with Gasteiger partial charge in [0.05, 0.1) is 26.2 Å². The molecule has 8 heteroatoms. The molecular formula is C25H28N6O2. The molecule has 33 heavy (non-hydrogen) atoms. The van der Waals surface area contributed by atoms with Gasteiger partial charge >= 0.3 is 0 Å². The van der Waals surface area contributed by atoms with Crippen LogP contribution in [0.5, 0.6) is 11.6 Å². The lowest BCUT2D eigenvalue weighted by atomic mass is 9.91. The van der Waals surface area contributed by atoms with Crippen molar-refractivity contribution >= 4 is 0 Å². The number of nitrogens with zero attached hydrogens (tertiary/aromatic N) is 6. The maximum absolute atomic E-state index is 5.54. The van der Waals surface area contributed by atoms with Gasteiger partial charge in [-0.2, -0.15) is 5.10 Å². The monoisotopic (exact) mass is 444 g/mol. The number of ether oxygens (including phenoxy) is 2. The first kappa shape index (κ1) is 21.2. The molecule has 0 amide bonds. The second kappa shape index (κ2) is 9.05. The lowest BCUT2D eigenvalue weighted by Crippen LogP contribution is -2.17. The van der Waals surface area contributed by atoms with Crippen LogP contribution >= 0.6 is 0 Å². The van der Waals surface area contributed by atoms with Gasteiger partial charge in [0.1, 0.15) is 17.3 Å². The Labute approximate surface area is 193 Å². The van der Waals surface area contributed by atoms with Gasteiger partial charge in [-0.25, -0.2) is 19.6 Å². The number of hydrogen-bond donors (Lipinski definition) is 0. The Hall–Kier alpha value is -3.68. The fourth-order valence-corrected chi connectivity index (χ4v) is 4.41. The topological polar surface area (TPSA) is 79.9 Å². The van der Waals surface area contributed by atoms with Gasteiger partial charge in [-0.1, -0.05) is 12.1 Å². The molecule has 0 fully saturated rings. The lowest BCUT2D eigenvalue weighted by molar-refractivity contribution is 0.394. The maximum atomic E-state index is 5.54. The zero-order valence-electron chi connectivity index (χ0n) is 19.2. The molecule has 170 valence electrons. The molecule has 0 N–H and O–H groups in total. The van der Waals surface area contributed by atoms with Crippen LogP contribution in [0.4, 0.5) is 0 Å². The highest BCUT2D eigenvalue weighted by molar-refractivity contribution is 5.43. The van der Waals surface area contributed by atoms with E-state index in [1.54, 1.807) is 20.5 Å². The van der Waals surface area contributed by atoms with Crippen molar-refractivity contribution in [2.24, 2.45) is 0 Å². The summed E-state index contributed by atoms with van der Waals surface area (Å²) in [5.41, 5.74) is 4.03. The number of benzene rings is 1. The molecule has 4 aromatic rings. The van der Waals surface area contributed by atoms with Crippen molar-refractivity contribution in [2.75, 3.05) is 14.2 Å². The van der Waals surface area contributed by atoms with Gasteiger partial charge in [0, 0.05) is 30.8 Å². The first-order chi connectivity index (χ1) is 16.1.